The first-order valence-corrected chi connectivity index (χ1v) is 8.71. The third-order valence-corrected chi connectivity index (χ3v) is 4.18. The number of pyridine rings is 1. The normalized spacial score (nSPS) is 14.7. The van der Waals surface area contributed by atoms with Gasteiger partial charge in [-0.2, -0.15) is 0 Å². The average molecular weight is 363 g/mol. The number of allylic oxidation sites excluding steroid dienone is 5. The van der Waals surface area contributed by atoms with Gasteiger partial charge in [-0.25, -0.2) is 4.98 Å². The van der Waals surface area contributed by atoms with Crippen molar-refractivity contribution in [1.82, 2.24) is 4.98 Å². The van der Waals surface area contributed by atoms with Crippen molar-refractivity contribution < 1.29 is 19.4 Å². The summed E-state index contributed by atoms with van der Waals surface area (Å²) >= 11 is 0. The second-order valence-corrected chi connectivity index (χ2v) is 6.08. The summed E-state index contributed by atoms with van der Waals surface area (Å²) in [4.78, 5) is 15.2. The fraction of sp³-hybridized carbons (Fsp3) is 0.182. The lowest BCUT2D eigenvalue weighted by Gasteiger charge is -2.10. The van der Waals surface area contributed by atoms with Gasteiger partial charge in [0.1, 0.15) is 5.75 Å². The molecule has 0 bridgehead atoms. The summed E-state index contributed by atoms with van der Waals surface area (Å²) in [5, 5.41) is 8.75. The highest BCUT2D eigenvalue weighted by Crippen LogP contribution is 2.29. The van der Waals surface area contributed by atoms with Crippen molar-refractivity contribution in [2.75, 3.05) is 7.11 Å². The molecule has 0 unspecified atom stereocenters. The van der Waals surface area contributed by atoms with Crippen LogP contribution >= 0.6 is 0 Å². The van der Waals surface area contributed by atoms with E-state index in [1.165, 1.54) is 0 Å². The Morgan fingerprint density at radius 1 is 1.19 bits per heavy atom. The lowest BCUT2D eigenvalue weighted by atomic mass is 10.00. The Bertz CT molecular complexity index is 912. The molecule has 0 radical (unpaired) electrons. The average Bonchev–Trinajstić information content (AvgIpc) is 2.71. The fourth-order valence-electron chi connectivity index (χ4n) is 2.75. The van der Waals surface area contributed by atoms with Crippen LogP contribution in [0.15, 0.2) is 78.1 Å². The number of aromatic nitrogens is 1. The van der Waals surface area contributed by atoms with E-state index in [-0.39, 0.29) is 6.42 Å². The highest BCUT2D eigenvalue weighted by molar-refractivity contribution is 5.67. The number of hydrogen-bond acceptors (Lipinski definition) is 4. The molecule has 0 saturated heterocycles. The number of ether oxygens (including phenoxy) is 2. The SMILES string of the molecule is COc1ccccc1-c1cccc(OC=C2C=CC(CCC(=O)O)=CC2)n1. The summed E-state index contributed by atoms with van der Waals surface area (Å²) in [6.45, 7) is 0. The van der Waals surface area contributed by atoms with Crippen LogP contribution < -0.4 is 9.47 Å². The zero-order chi connectivity index (χ0) is 19.1. The maximum atomic E-state index is 10.6. The van der Waals surface area contributed by atoms with Crippen LogP contribution in [0, 0.1) is 0 Å². The number of carboxylic acids is 1. The summed E-state index contributed by atoms with van der Waals surface area (Å²) in [6, 6.07) is 13.3. The van der Waals surface area contributed by atoms with Crippen molar-refractivity contribution >= 4 is 5.97 Å². The van der Waals surface area contributed by atoms with Gasteiger partial charge in [0.25, 0.3) is 0 Å². The van der Waals surface area contributed by atoms with Crippen LogP contribution in [0.3, 0.4) is 0 Å². The van der Waals surface area contributed by atoms with Crippen molar-refractivity contribution in [2.45, 2.75) is 19.3 Å². The number of para-hydroxylation sites is 1. The molecule has 1 aromatic heterocycles. The zero-order valence-corrected chi connectivity index (χ0v) is 15.1. The van der Waals surface area contributed by atoms with Gasteiger partial charge in [0.05, 0.1) is 19.1 Å². The van der Waals surface area contributed by atoms with Gasteiger partial charge >= 0.3 is 5.97 Å². The molecule has 2 aromatic rings. The maximum absolute atomic E-state index is 10.6. The predicted octanol–water partition coefficient (Wildman–Crippen LogP) is 4.77. The van der Waals surface area contributed by atoms with E-state index in [4.69, 9.17) is 14.6 Å². The predicted molar refractivity (Wildman–Crippen MR) is 104 cm³/mol. The summed E-state index contributed by atoms with van der Waals surface area (Å²) in [5.41, 5.74) is 3.71. The quantitative estimate of drug-likeness (QED) is 0.718. The number of hydrogen-bond donors (Lipinski definition) is 1. The first kappa shape index (κ1) is 18.5. The molecule has 1 heterocycles. The summed E-state index contributed by atoms with van der Waals surface area (Å²) < 4.78 is 11.1. The molecule has 0 saturated carbocycles. The number of rotatable bonds is 7. The lowest BCUT2D eigenvalue weighted by Crippen LogP contribution is -1.97. The van der Waals surface area contributed by atoms with Gasteiger partial charge in [-0.3, -0.25) is 4.79 Å². The number of carboxylic acid groups (broad SMARTS) is 1. The van der Waals surface area contributed by atoms with Crippen LogP contribution in [-0.2, 0) is 4.79 Å². The van der Waals surface area contributed by atoms with Gasteiger partial charge in [0, 0.05) is 18.1 Å². The third kappa shape index (κ3) is 5.07. The lowest BCUT2D eigenvalue weighted by molar-refractivity contribution is -0.136. The molecule has 0 aliphatic heterocycles. The summed E-state index contributed by atoms with van der Waals surface area (Å²) in [7, 11) is 1.64. The smallest absolute Gasteiger partial charge is 0.303 e. The van der Waals surface area contributed by atoms with E-state index in [0.29, 0.717) is 18.7 Å². The summed E-state index contributed by atoms with van der Waals surface area (Å²) in [6.07, 6.45) is 8.97. The van der Waals surface area contributed by atoms with E-state index in [2.05, 4.69) is 4.98 Å². The number of carbonyl (C=O) groups is 1. The minimum absolute atomic E-state index is 0.144. The number of benzene rings is 1. The molecule has 3 rings (SSSR count). The molecule has 1 aliphatic rings. The van der Waals surface area contributed by atoms with Gasteiger partial charge in [-0.1, -0.05) is 42.0 Å². The number of methoxy groups -OCH3 is 1. The van der Waals surface area contributed by atoms with Gasteiger partial charge in [0.2, 0.25) is 5.88 Å². The molecule has 1 N–H and O–H groups in total. The van der Waals surface area contributed by atoms with Crippen LogP contribution in [0.4, 0.5) is 0 Å². The van der Waals surface area contributed by atoms with Crippen LogP contribution in [-0.4, -0.2) is 23.2 Å². The molecule has 5 heteroatoms. The van der Waals surface area contributed by atoms with Crippen LogP contribution in [0.5, 0.6) is 11.6 Å². The molecule has 5 nitrogen and oxygen atoms in total. The van der Waals surface area contributed by atoms with Gasteiger partial charge < -0.3 is 14.6 Å². The third-order valence-electron chi connectivity index (χ3n) is 4.18. The Morgan fingerprint density at radius 3 is 2.78 bits per heavy atom. The Balaban J connectivity index is 1.67. The first-order valence-electron chi connectivity index (χ1n) is 8.71. The zero-order valence-electron chi connectivity index (χ0n) is 15.1. The minimum atomic E-state index is -0.782. The highest BCUT2D eigenvalue weighted by atomic mass is 16.5. The standard InChI is InChI=1S/C22H21NO4/c1-26-20-7-3-2-5-18(20)19-6-4-8-21(23-19)27-15-17-11-9-16(10-12-17)13-14-22(24)25/h2-11,15H,12-14H2,1H3,(H,24,25). The Hall–Kier alpha value is -3.34. The molecule has 138 valence electrons. The Labute approximate surface area is 158 Å². The van der Waals surface area contributed by atoms with Gasteiger partial charge in [-0.05, 0) is 36.6 Å². The van der Waals surface area contributed by atoms with E-state index in [1.807, 2.05) is 54.6 Å². The Kier molecular flexibility index (Phi) is 6.05. The monoisotopic (exact) mass is 363 g/mol. The minimum Gasteiger partial charge on any atom is -0.496 e. The fourth-order valence-corrected chi connectivity index (χ4v) is 2.75. The topological polar surface area (TPSA) is 68.7 Å². The van der Waals surface area contributed by atoms with E-state index in [0.717, 1.165) is 28.2 Å². The molecular weight excluding hydrogens is 342 g/mol. The molecule has 0 fully saturated rings. The molecule has 0 atom stereocenters. The molecule has 0 amide bonds. The van der Waals surface area contributed by atoms with Gasteiger partial charge in [-0.15, -0.1) is 0 Å². The molecule has 27 heavy (non-hydrogen) atoms. The second-order valence-electron chi connectivity index (χ2n) is 6.08. The second kappa shape index (κ2) is 8.85. The van der Waals surface area contributed by atoms with Crippen molar-refractivity contribution in [1.29, 1.82) is 0 Å². The van der Waals surface area contributed by atoms with E-state index >= 15 is 0 Å². The van der Waals surface area contributed by atoms with Crippen molar-refractivity contribution in [3.8, 4) is 22.9 Å². The first-order chi connectivity index (χ1) is 13.2. The number of nitrogens with zero attached hydrogens (tertiary/aromatic N) is 1. The maximum Gasteiger partial charge on any atom is 0.303 e. The highest BCUT2D eigenvalue weighted by Gasteiger charge is 2.08. The van der Waals surface area contributed by atoms with Crippen LogP contribution in [0.25, 0.3) is 11.3 Å². The van der Waals surface area contributed by atoms with Crippen molar-refractivity contribution in [3.05, 3.63) is 78.1 Å². The van der Waals surface area contributed by atoms with Gasteiger partial charge in [0.15, 0.2) is 0 Å². The van der Waals surface area contributed by atoms with E-state index < -0.39 is 5.97 Å². The molecule has 1 aliphatic carbocycles. The Morgan fingerprint density at radius 2 is 2.04 bits per heavy atom. The molecular formula is C22H21NO4. The van der Waals surface area contributed by atoms with Crippen molar-refractivity contribution in [3.63, 3.8) is 0 Å². The van der Waals surface area contributed by atoms with Crippen LogP contribution in [0.2, 0.25) is 0 Å². The van der Waals surface area contributed by atoms with E-state index in [9.17, 15) is 4.79 Å². The molecule has 1 aromatic carbocycles. The summed E-state index contributed by atoms with van der Waals surface area (Å²) in [5.74, 6) is 0.477. The molecule has 0 spiro atoms. The van der Waals surface area contributed by atoms with Crippen molar-refractivity contribution in [2.24, 2.45) is 0 Å². The van der Waals surface area contributed by atoms with Crippen LogP contribution in [0.1, 0.15) is 19.3 Å². The number of aliphatic carboxylic acids is 1. The van der Waals surface area contributed by atoms with E-state index in [1.54, 1.807) is 19.4 Å². The largest absolute Gasteiger partial charge is 0.496 e.